The third-order valence-corrected chi connectivity index (χ3v) is 1.85. The summed E-state index contributed by atoms with van der Waals surface area (Å²) in [6, 6.07) is 5.40. The first-order valence-corrected chi connectivity index (χ1v) is 4.22. The number of benzene rings is 1. The van der Waals surface area contributed by atoms with Gasteiger partial charge < -0.3 is 9.84 Å². The van der Waals surface area contributed by atoms with Crippen molar-refractivity contribution in [2.24, 2.45) is 0 Å². The summed E-state index contributed by atoms with van der Waals surface area (Å²) in [6.07, 6.45) is -0.538. The van der Waals surface area contributed by atoms with Crippen molar-refractivity contribution < 1.29 is 14.6 Å². The van der Waals surface area contributed by atoms with E-state index in [4.69, 9.17) is 5.11 Å². The molecule has 0 saturated heterocycles. The molecule has 4 heteroatoms. The molecule has 1 rings (SSSR count). The molecule has 0 aromatic heterocycles. The van der Waals surface area contributed by atoms with E-state index in [2.05, 4.69) is 10.1 Å². The zero-order chi connectivity index (χ0) is 10.6. The summed E-state index contributed by atoms with van der Waals surface area (Å²) in [6.45, 7) is 1.81. The Morgan fingerprint density at radius 3 is 2.86 bits per heavy atom. The number of rotatable bonds is 2. The fourth-order valence-electron chi connectivity index (χ4n) is 1.14. The van der Waals surface area contributed by atoms with Gasteiger partial charge in [-0.3, -0.25) is 5.32 Å². The van der Waals surface area contributed by atoms with Gasteiger partial charge in [0.2, 0.25) is 0 Å². The van der Waals surface area contributed by atoms with Crippen LogP contribution >= 0.6 is 0 Å². The lowest BCUT2D eigenvalue weighted by Gasteiger charge is -2.08. The molecule has 0 bridgehead atoms. The van der Waals surface area contributed by atoms with E-state index >= 15 is 0 Å². The molecular formula is C10H13NO3. The maximum Gasteiger partial charge on any atom is 0.411 e. The van der Waals surface area contributed by atoms with Gasteiger partial charge in [-0.1, -0.05) is 17.7 Å². The predicted molar refractivity (Wildman–Crippen MR) is 53.1 cm³/mol. The number of nitrogens with one attached hydrogen (secondary N) is 1. The Morgan fingerprint density at radius 2 is 2.29 bits per heavy atom. The van der Waals surface area contributed by atoms with Crippen molar-refractivity contribution in [1.29, 1.82) is 0 Å². The van der Waals surface area contributed by atoms with Crippen molar-refractivity contribution in [3.63, 3.8) is 0 Å². The maximum atomic E-state index is 10.9. The van der Waals surface area contributed by atoms with Crippen molar-refractivity contribution >= 4 is 11.8 Å². The monoisotopic (exact) mass is 195 g/mol. The number of carbonyl (C=O) groups excluding carboxylic acids is 1. The van der Waals surface area contributed by atoms with Crippen LogP contribution < -0.4 is 5.32 Å². The predicted octanol–water partition coefficient (Wildman–Crippen LogP) is 1.67. The molecule has 4 nitrogen and oxygen atoms in total. The van der Waals surface area contributed by atoms with Crippen molar-refractivity contribution in [2.45, 2.75) is 13.5 Å². The van der Waals surface area contributed by atoms with Crippen LogP contribution in [0.4, 0.5) is 10.5 Å². The standard InChI is InChI=1S/C10H13NO3/c1-7-3-4-9(8(5-7)6-12)11-10(13)14-2/h3-5,12H,6H2,1-2H3,(H,11,13). The number of methoxy groups -OCH3 is 1. The van der Waals surface area contributed by atoms with Crippen molar-refractivity contribution in [1.82, 2.24) is 0 Å². The van der Waals surface area contributed by atoms with E-state index in [1.165, 1.54) is 7.11 Å². The Bertz CT molecular complexity index is 336. The van der Waals surface area contributed by atoms with Crippen LogP contribution in [0.2, 0.25) is 0 Å². The van der Waals surface area contributed by atoms with Gasteiger partial charge in [0.15, 0.2) is 0 Å². The normalized spacial score (nSPS) is 9.64. The minimum atomic E-state index is -0.538. The quantitative estimate of drug-likeness (QED) is 0.754. The van der Waals surface area contributed by atoms with E-state index in [-0.39, 0.29) is 6.61 Å². The largest absolute Gasteiger partial charge is 0.453 e. The second-order valence-corrected chi connectivity index (χ2v) is 2.94. The molecule has 1 aromatic rings. The highest BCUT2D eigenvalue weighted by molar-refractivity contribution is 5.85. The molecule has 0 aliphatic carbocycles. The van der Waals surface area contributed by atoms with Crippen LogP contribution in [-0.4, -0.2) is 18.3 Å². The third-order valence-electron chi connectivity index (χ3n) is 1.85. The first-order valence-electron chi connectivity index (χ1n) is 4.22. The number of hydrogen-bond donors (Lipinski definition) is 2. The Hall–Kier alpha value is -1.55. The Morgan fingerprint density at radius 1 is 1.57 bits per heavy atom. The molecular weight excluding hydrogens is 182 g/mol. The zero-order valence-electron chi connectivity index (χ0n) is 8.20. The van der Waals surface area contributed by atoms with E-state index in [9.17, 15) is 4.79 Å². The number of amides is 1. The lowest BCUT2D eigenvalue weighted by Crippen LogP contribution is -2.12. The van der Waals surface area contributed by atoms with E-state index in [0.717, 1.165) is 5.56 Å². The molecule has 0 radical (unpaired) electrons. The summed E-state index contributed by atoms with van der Waals surface area (Å²) in [5.74, 6) is 0. The topological polar surface area (TPSA) is 58.6 Å². The summed E-state index contributed by atoms with van der Waals surface area (Å²) in [4.78, 5) is 10.9. The number of aliphatic hydroxyl groups excluding tert-OH is 1. The second-order valence-electron chi connectivity index (χ2n) is 2.94. The zero-order valence-corrected chi connectivity index (χ0v) is 8.20. The average molecular weight is 195 g/mol. The van der Waals surface area contributed by atoms with Crippen LogP contribution in [0.15, 0.2) is 18.2 Å². The van der Waals surface area contributed by atoms with Gasteiger partial charge >= 0.3 is 6.09 Å². The molecule has 14 heavy (non-hydrogen) atoms. The number of ether oxygens (including phenoxy) is 1. The molecule has 0 aliphatic rings. The minimum Gasteiger partial charge on any atom is -0.453 e. The van der Waals surface area contributed by atoms with E-state index in [1.807, 2.05) is 19.1 Å². The number of aryl methyl sites for hydroxylation is 1. The van der Waals surface area contributed by atoms with Crippen molar-refractivity contribution in [2.75, 3.05) is 12.4 Å². The number of aliphatic hydroxyl groups is 1. The smallest absolute Gasteiger partial charge is 0.411 e. The number of anilines is 1. The second kappa shape index (κ2) is 4.62. The van der Waals surface area contributed by atoms with Gasteiger partial charge in [0.1, 0.15) is 0 Å². The van der Waals surface area contributed by atoms with E-state index in [1.54, 1.807) is 6.07 Å². The molecule has 0 unspecified atom stereocenters. The molecule has 1 amide bonds. The Labute approximate surface area is 82.5 Å². The summed E-state index contributed by atoms with van der Waals surface area (Å²) in [5.41, 5.74) is 2.28. The van der Waals surface area contributed by atoms with Gasteiger partial charge in [-0.15, -0.1) is 0 Å². The molecule has 0 fully saturated rings. The third kappa shape index (κ3) is 2.47. The highest BCUT2D eigenvalue weighted by atomic mass is 16.5. The van der Waals surface area contributed by atoms with Crippen LogP contribution in [-0.2, 0) is 11.3 Å². The molecule has 1 aromatic carbocycles. The lowest BCUT2D eigenvalue weighted by atomic mass is 10.1. The molecule has 0 heterocycles. The number of hydrogen-bond acceptors (Lipinski definition) is 3. The SMILES string of the molecule is COC(=O)Nc1ccc(C)cc1CO. The first-order chi connectivity index (χ1) is 6.67. The maximum absolute atomic E-state index is 10.9. The van der Waals surface area contributed by atoms with Gasteiger partial charge in [-0.2, -0.15) is 0 Å². The van der Waals surface area contributed by atoms with Gasteiger partial charge in [-0.25, -0.2) is 4.79 Å². The summed E-state index contributed by atoms with van der Waals surface area (Å²) in [7, 11) is 1.29. The molecule has 0 atom stereocenters. The minimum absolute atomic E-state index is 0.110. The Kier molecular flexibility index (Phi) is 3.48. The lowest BCUT2D eigenvalue weighted by molar-refractivity contribution is 0.187. The molecule has 0 aliphatic heterocycles. The highest BCUT2D eigenvalue weighted by Crippen LogP contribution is 2.17. The van der Waals surface area contributed by atoms with Crippen molar-refractivity contribution in [3.8, 4) is 0 Å². The van der Waals surface area contributed by atoms with Crippen LogP contribution in [0.5, 0.6) is 0 Å². The van der Waals surface area contributed by atoms with Crippen molar-refractivity contribution in [3.05, 3.63) is 29.3 Å². The average Bonchev–Trinajstić information content (AvgIpc) is 2.20. The summed E-state index contributed by atoms with van der Waals surface area (Å²) < 4.78 is 4.45. The Balaban J connectivity index is 2.90. The van der Waals surface area contributed by atoms with Gasteiger partial charge in [0, 0.05) is 11.3 Å². The highest BCUT2D eigenvalue weighted by Gasteiger charge is 2.05. The first kappa shape index (κ1) is 10.5. The molecule has 2 N–H and O–H groups in total. The van der Waals surface area contributed by atoms with Crippen LogP contribution in [0.25, 0.3) is 0 Å². The van der Waals surface area contributed by atoms with Crippen LogP contribution in [0, 0.1) is 6.92 Å². The van der Waals surface area contributed by atoms with E-state index < -0.39 is 6.09 Å². The van der Waals surface area contributed by atoms with Gasteiger partial charge in [0.25, 0.3) is 0 Å². The van der Waals surface area contributed by atoms with Crippen LogP contribution in [0.3, 0.4) is 0 Å². The molecule has 0 saturated carbocycles. The van der Waals surface area contributed by atoms with Gasteiger partial charge in [-0.05, 0) is 13.0 Å². The summed E-state index contributed by atoms with van der Waals surface area (Å²) >= 11 is 0. The van der Waals surface area contributed by atoms with Crippen LogP contribution in [0.1, 0.15) is 11.1 Å². The fourth-order valence-corrected chi connectivity index (χ4v) is 1.14. The summed E-state index contributed by atoms with van der Waals surface area (Å²) in [5, 5.41) is 11.6. The molecule has 0 spiro atoms. The van der Waals surface area contributed by atoms with E-state index in [0.29, 0.717) is 11.3 Å². The van der Waals surface area contributed by atoms with Gasteiger partial charge in [0.05, 0.1) is 13.7 Å². The molecule has 76 valence electrons. The fraction of sp³-hybridized carbons (Fsp3) is 0.300. The number of carbonyl (C=O) groups is 1.